The molecule has 0 radical (unpaired) electrons. The van der Waals surface area contributed by atoms with Gasteiger partial charge in [0.15, 0.2) is 16.1 Å². The highest BCUT2D eigenvalue weighted by Crippen LogP contribution is 2.37. The second-order valence-corrected chi connectivity index (χ2v) is 4.92. The minimum absolute atomic E-state index is 0.0828. The number of aromatic nitrogens is 2. The monoisotopic (exact) mass is 298 g/mol. The SMILES string of the molecule is Fc1c(Cl)nc(C2CCOc3ccccc32)nc1Cl. The van der Waals surface area contributed by atoms with E-state index in [0.29, 0.717) is 18.9 Å². The Balaban J connectivity index is 2.09. The van der Waals surface area contributed by atoms with Crippen LogP contribution in [0.4, 0.5) is 4.39 Å². The number of ether oxygens (including phenoxy) is 1. The summed E-state index contributed by atoms with van der Waals surface area (Å²) in [7, 11) is 0. The van der Waals surface area contributed by atoms with Crippen LogP contribution < -0.4 is 4.74 Å². The molecule has 2 aromatic rings. The molecule has 3 nitrogen and oxygen atoms in total. The van der Waals surface area contributed by atoms with Crippen molar-refractivity contribution in [1.82, 2.24) is 9.97 Å². The first-order valence-electron chi connectivity index (χ1n) is 5.77. The topological polar surface area (TPSA) is 35.0 Å². The molecule has 19 heavy (non-hydrogen) atoms. The maximum Gasteiger partial charge on any atom is 0.197 e. The molecule has 0 N–H and O–H groups in total. The van der Waals surface area contributed by atoms with Gasteiger partial charge >= 0.3 is 0 Å². The van der Waals surface area contributed by atoms with Crippen molar-refractivity contribution in [2.24, 2.45) is 0 Å². The van der Waals surface area contributed by atoms with Gasteiger partial charge in [-0.25, -0.2) is 14.4 Å². The minimum Gasteiger partial charge on any atom is -0.493 e. The van der Waals surface area contributed by atoms with Crippen molar-refractivity contribution >= 4 is 23.2 Å². The standard InChI is InChI=1S/C13H9Cl2FN2O/c14-11-10(16)12(15)18-13(17-11)8-5-6-19-9-4-2-1-3-7(8)9/h1-4,8H,5-6H2. The van der Waals surface area contributed by atoms with Crippen LogP contribution in [0.3, 0.4) is 0 Å². The van der Waals surface area contributed by atoms with E-state index in [1.54, 1.807) is 0 Å². The van der Waals surface area contributed by atoms with E-state index in [4.69, 9.17) is 27.9 Å². The lowest BCUT2D eigenvalue weighted by molar-refractivity contribution is 0.274. The summed E-state index contributed by atoms with van der Waals surface area (Å²) in [4.78, 5) is 7.99. The summed E-state index contributed by atoms with van der Waals surface area (Å²) in [6, 6.07) is 7.63. The predicted octanol–water partition coefficient (Wildman–Crippen LogP) is 3.84. The first-order valence-corrected chi connectivity index (χ1v) is 6.52. The third-order valence-corrected chi connectivity index (χ3v) is 3.56. The van der Waals surface area contributed by atoms with Gasteiger partial charge in [-0.2, -0.15) is 0 Å². The third kappa shape index (κ3) is 2.26. The Morgan fingerprint density at radius 1 is 1.16 bits per heavy atom. The van der Waals surface area contributed by atoms with Crippen LogP contribution in [-0.4, -0.2) is 16.6 Å². The normalized spacial score (nSPS) is 17.7. The number of rotatable bonds is 1. The number of hydrogen-bond donors (Lipinski definition) is 0. The van der Waals surface area contributed by atoms with Gasteiger partial charge in [0.25, 0.3) is 0 Å². The molecule has 1 aliphatic heterocycles. The largest absolute Gasteiger partial charge is 0.493 e. The molecule has 1 atom stereocenters. The second-order valence-electron chi connectivity index (χ2n) is 4.20. The smallest absolute Gasteiger partial charge is 0.197 e. The van der Waals surface area contributed by atoms with Crippen molar-refractivity contribution in [3.63, 3.8) is 0 Å². The lowest BCUT2D eigenvalue weighted by Crippen LogP contribution is -2.17. The van der Waals surface area contributed by atoms with Crippen molar-refractivity contribution < 1.29 is 9.13 Å². The lowest BCUT2D eigenvalue weighted by Gasteiger charge is -2.24. The molecule has 0 aliphatic carbocycles. The summed E-state index contributed by atoms with van der Waals surface area (Å²) < 4.78 is 18.9. The highest BCUT2D eigenvalue weighted by Gasteiger charge is 2.26. The maximum absolute atomic E-state index is 13.4. The van der Waals surface area contributed by atoms with Gasteiger partial charge in [0, 0.05) is 5.56 Å². The van der Waals surface area contributed by atoms with Crippen LogP contribution in [-0.2, 0) is 0 Å². The van der Waals surface area contributed by atoms with Gasteiger partial charge in [0.1, 0.15) is 11.6 Å². The number of benzene rings is 1. The molecule has 2 heterocycles. The summed E-state index contributed by atoms with van der Waals surface area (Å²) in [6.07, 6.45) is 0.704. The third-order valence-electron chi connectivity index (χ3n) is 3.06. The van der Waals surface area contributed by atoms with E-state index in [2.05, 4.69) is 9.97 Å². The fourth-order valence-electron chi connectivity index (χ4n) is 2.18. The first-order chi connectivity index (χ1) is 9.16. The number of nitrogens with zero attached hydrogens (tertiary/aromatic N) is 2. The molecule has 3 rings (SSSR count). The van der Waals surface area contributed by atoms with Gasteiger partial charge in [-0.3, -0.25) is 0 Å². The fraction of sp³-hybridized carbons (Fsp3) is 0.231. The van der Waals surface area contributed by atoms with Gasteiger partial charge in [0.05, 0.1) is 12.5 Å². The molecule has 1 aliphatic rings. The summed E-state index contributed by atoms with van der Waals surface area (Å²) in [5.41, 5.74) is 0.965. The summed E-state index contributed by atoms with van der Waals surface area (Å²) in [5, 5.41) is -0.502. The Morgan fingerprint density at radius 3 is 2.58 bits per heavy atom. The van der Waals surface area contributed by atoms with Crippen molar-refractivity contribution in [3.8, 4) is 5.75 Å². The average Bonchev–Trinajstić information content (AvgIpc) is 2.43. The number of hydrogen-bond acceptors (Lipinski definition) is 3. The van der Waals surface area contributed by atoms with Crippen molar-refractivity contribution in [3.05, 3.63) is 51.8 Å². The van der Waals surface area contributed by atoms with Crippen LogP contribution in [0.5, 0.6) is 5.75 Å². The van der Waals surface area contributed by atoms with E-state index in [0.717, 1.165) is 11.3 Å². The molecule has 1 aromatic carbocycles. The zero-order valence-electron chi connectivity index (χ0n) is 9.74. The van der Waals surface area contributed by atoms with Crippen LogP contribution in [0.1, 0.15) is 23.7 Å². The first kappa shape index (κ1) is 12.6. The second kappa shape index (κ2) is 4.94. The Morgan fingerprint density at radius 2 is 1.84 bits per heavy atom. The molecule has 0 bridgehead atoms. The molecular weight excluding hydrogens is 290 g/mol. The summed E-state index contributed by atoms with van der Waals surface area (Å²) in [6.45, 7) is 0.553. The van der Waals surface area contributed by atoms with Crippen LogP contribution in [0.2, 0.25) is 10.3 Å². The van der Waals surface area contributed by atoms with Crippen LogP contribution in [0.15, 0.2) is 24.3 Å². The van der Waals surface area contributed by atoms with Gasteiger partial charge in [-0.1, -0.05) is 41.4 Å². The Kier molecular flexibility index (Phi) is 3.29. The van der Waals surface area contributed by atoms with E-state index in [9.17, 15) is 4.39 Å². The minimum atomic E-state index is -0.785. The Bertz CT molecular complexity index is 613. The van der Waals surface area contributed by atoms with Crippen molar-refractivity contribution in [2.45, 2.75) is 12.3 Å². The number of halogens is 3. The van der Waals surface area contributed by atoms with Gasteiger partial charge in [0.2, 0.25) is 0 Å². The summed E-state index contributed by atoms with van der Waals surface area (Å²) in [5.74, 6) is 0.346. The molecule has 0 spiro atoms. The molecule has 0 saturated carbocycles. The summed E-state index contributed by atoms with van der Waals surface area (Å²) >= 11 is 11.4. The predicted molar refractivity (Wildman–Crippen MR) is 70.4 cm³/mol. The van der Waals surface area contributed by atoms with E-state index in [1.165, 1.54) is 0 Å². The average molecular weight is 299 g/mol. The van der Waals surface area contributed by atoms with Crippen LogP contribution >= 0.6 is 23.2 Å². The quantitative estimate of drug-likeness (QED) is 0.750. The van der Waals surface area contributed by atoms with Crippen LogP contribution in [0, 0.1) is 5.82 Å². The molecule has 1 aromatic heterocycles. The molecule has 6 heteroatoms. The number of fused-ring (bicyclic) bond motifs is 1. The van der Waals surface area contributed by atoms with Crippen molar-refractivity contribution in [1.29, 1.82) is 0 Å². The van der Waals surface area contributed by atoms with Gasteiger partial charge < -0.3 is 4.74 Å². The maximum atomic E-state index is 13.4. The zero-order valence-corrected chi connectivity index (χ0v) is 11.2. The Hall–Kier alpha value is -1.39. The zero-order chi connectivity index (χ0) is 13.4. The van der Waals surface area contributed by atoms with Gasteiger partial charge in [-0.05, 0) is 12.5 Å². The van der Waals surface area contributed by atoms with E-state index < -0.39 is 5.82 Å². The lowest BCUT2D eigenvalue weighted by atomic mass is 9.92. The molecule has 0 fully saturated rings. The highest BCUT2D eigenvalue weighted by molar-refractivity contribution is 6.33. The van der Waals surface area contributed by atoms with E-state index >= 15 is 0 Å². The number of para-hydroxylation sites is 1. The molecule has 98 valence electrons. The molecule has 1 unspecified atom stereocenters. The molecular formula is C13H9Cl2FN2O. The highest BCUT2D eigenvalue weighted by atomic mass is 35.5. The Labute approximate surface area is 119 Å². The van der Waals surface area contributed by atoms with Crippen molar-refractivity contribution in [2.75, 3.05) is 6.61 Å². The molecule has 0 amide bonds. The van der Waals surface area contributed by atoms with E-state index in [1.807, 2.05) is 24.3 Å². The fourth-order valence-corrected chi connectivity index (χ4v) is 2.58. The van der Waals surface area contributed by atoms with Crippen LogP contribution in [0.25, 0.3) is 0 Å². The van der Waals surface area contributed by atoms with Gasteiger partial charge in [-0.15, -0.1) is 0 Å². The van der Waals surface area contributed by atoms with E-state index in [-0.39, 0.29) is 16.2 Å². The molecule has 0 saturated heterocycles.